The summed E-state index contributed by atoms with van der Waals surface area (Å²) < 4.78 is 0. The highest BCUT2D eigenvalue weighted by molar-refractivity contribution is 6.27. The van der Waals surface area contributed by atoms with E-state index in [-0.39, 0.29) is 0 Å². The van der Waals surface area contributed by atoms with Crippen LogP contribution in [0, 0.1) is 0 Å². The van der Waals surface area contributed by atoms with Gasteiger partial charge in [0.1, 0.15) is 0 Å². The summed E-state index contributed by atoms with van der Waals surface area (Å²) >= 11 is 6.22. The Morgan fingerprint density at radius 3 is 2.19 bits per heavy atom. The van der Waals surface area contributed by atoms with Gasteiger partial charge in [-0.3, -0.25) is 4.99 Å². The molecule has 0 saturated heterocycles. The van der Waals surface area contributed by atoms with Crippen molar-refractivity contribution >= 4 is 33.8 Å². The molecule has 4 aromatic carbocycles. The highest BCUT2D eigenvalue weighted by Crippen LogP contribution is 2.35. The van der Waals surface area contributed by atoms with Crippen molar-refractivity contribution in [1.29, 1.82) is 0 Å². The summed E-state index contributed by atoms with van der Waals surface area (Å²) in [6, 6.07) is 31.4. The number of hydrogen-bond acceptors (Lipinski definition) is 1. The average molecular weight is 368 g/mol. The molecule has 1 aliphatic rings. The topological polar surface area (TPSA) is 26.5 Å². The Labute approximate surface area is 163 Å². The molecule has 0 spiro atoms. The van der Waals surface area contributed by atoms with Gasteiger partial charge in [-0.1, -0.05) is 84.9 Å². The fourth-order valence-corrected chi connectivity index (χ4v) is 3.73. The molecule has 1 unspecified atom stereocenters. The number of halogens is 1. The van der Waals surface area contributed by atoms with E-state index in [0.717, 1.165) is 22.5 Å². The van der Waals surface area contributed by atoms with Crippen molar-refractivity contribution in [2.24, 2.45) is 4.99 Å². The van der Waals surface area contributed by atoms with Crippen LogP contribution < -0.4 is 0 Å². The van der Waals surface area contributed by atoms with Crippen LogP contribution in [0.4, 0.5) is 5.69 Å². The summed E-state index contributed by atoms with van der Waals surface area (Å²) in [6.45, 7) is 0. The summed E-state index contributed by atoms with van der Waals surface area (Å²) in [5.41, 5.74) is 5.67. The number of alkyl halides is 1. The Morgan fingerprint density at radius 1 is 0.667 bits per heavy atom. The van der Waals surface area contributed by atoms with E-state index in [1.807, 2.05) is 24.3 Å². The van der Waals surface area contributed by atoms with Gasteiger partial charge in [-0.25, -0.2) is 0 Å². The highest BCUT2D eigenvalue weighted by Gasteiger charge is 2.13. The Morgan fingerprint density at radius 2 is 1.33 bits per heavy atom. The quantitative estimate of drug-likeness (QED) is 0.272. The number of hydrogen-bond donors (Lipinski definition) is 0. The van der Waals surface area contributed by atoms with Crippen molar-refractivity contribution in [3.63, 3.8) is 0 Å². The van der Waals surface area contributed by atoms with E-state index in [1.54, 1.807) is 0 Å². The summed E-state index contributed by atoms with van der Waals surface area (Å²) in [5.74, 6) is 0. The zero-order chi connectivity index (χ0) is 18.2. The van der Waals surface area contributed by atoms with E-state index >= 15 is 0 Å². The van der Waals surface area contributed by atoms with Crippen LogP contribution in [0.2, 0.25) is 0 Å². The molecule has 1 atom stereocenters. The molecule has 5 rings (SSSR count). The zero-order valence-electron chi connectivity index (χ0n) is 14.5. The van der Waals surface area contributed by atoms with Crippen LogP contribution in [-0.4, -0.2) is 11.3 Å². The molecule has 3 heteroatoms. The molecule has 27 heavy (non-hydrogen) atoms. The van der Waals surface area contributed by atoms with Crippen molar-refractivity contribution in [2.75, 3.05) is 0 Å². The Kier molecular flexibility index (Phi) is 3.92. The van der Waals surface area contributed by atoms with E-state index in [9.17, 15) is 0 Å². The number of aliphatic imine (C=N–C) groups is 1. The van der Waals surface area contributed by atoms with Crippen molar-refractivity contribution in [3.05, 3.63) is 107 Å². The molecule has 0 radical (unpaired) electrons. The summed E-state index contributed by atoms with van der Waals surface area (Å²) in [6.07, 6.45) is 0. The standard InChI is InChI=1S/C24H16ClN2/c25-24-26-22-8-4-3-7-21(22)23(27-24)18-12-9-17(10-13-18)20-14-11-16-5-1-2-6-19(16)15-20/h1-15,24H/q-1. The SMILES string of the molecule is ClC1N=C(c2ccc(-c3ccc4ccccc4c3)cc2)c2ccccc2[N-]1. The number of fused-ring (bicyclic) bond motifs is 2. The first kappa shape index (κ1) is 16.1. The fraction of sp³-hybridized carbons (Fsp3) is 0.0417. The third-order valence-electron chi connectivity index (χ3n) is 4.88. The van der Waals surface area contributed by atoms with Crippen molar-refractivity contribution in [2.45, 2.75) is 5.62 Å². The first-order chi connectivity index (χ1) is 13.3. The molecule has 0 bridgehead atoms. The zero-order valence-corrected chi connectivity index (χ0v) is 15.3. The number of nitrogens with zero attached hydrogens (tertiary/aromatic N) is 2. The molecule has 0 fully saturated rings. The number of benzene rings is 4. The lowest BCUT2D eigenvalue weighted by atomic mass is 9.96. The largest absolute Gasteiger partial charge is 0.650 e. The first-order valence-corrected chi connectivity index (χ1v) is 9.33. The van der Waals surface area contributed by atoms with Gasteiger partial charge in [-0.05, 0) is 33.5 Å². The summed E-state index contributed by atoms with van der Waals surface area (Å²) in [5, 5.41) is 6.89. The normalized spacial score (nSPS) is 15.7. The van der Waals surface area contributed by atoms with E-state index in [4.69, 9.17) is 11.6 Å². The van der Waals surface area contributed by atoms with Crippen LogP contribution in [0.1, 0.15) is 11.1 Å². The molecular formula is C24H16ClN2-. The minimum atomic E-state index is -0.574. The third kappa shape index (κ3) is 2.98. The highest BCUT2D eigenvalue weighted by atomic mass is 35.5. The number of para-hydroxylation sites is 1. The second kappa shape index (κ2) is 6.57. The van der Waals surface area contributed by atoms with E-state index in [0.29, 0.717) is 0 Å². The molecular weight excluding hydrogens is 352 g/mol. The van der Waals surface area contributed by atoms with Crippen molar-refractivity contribution in [1.82, 2.24) is 0 Å². The minimum absolute atomic E-state index is 0.574. The van der Waals surface area contributed by atoms with E-state index < -0.39 is 5.62 Å². The van der Waals surface area contributed by atoms with Gasteiger partial charge in [0.2, 0.25) is 0 Å². The predicted molar refractivity (Wildman–Crippen MR) is 114 cm³/mol. The van der Waals surface area contributed by atoms with Crippen LogP contribution in [0.5, 0.6) is 0 Å². The van der Waals surface area contributed by atoms with Gasteiger partial charge in [0.25, 0.3) is 0 Å². The Bertz CT molecular complexity index is 1160. The van der Waals surface area contributed by atoms with Crippen molar-refractivity contribution < 1.29 is 0 Å². The molecule has 1 aliphatic heterocycles. The van der Waals surface area contributed by atoms with Crippen LogP contribution in [-0.2, 0) is 0 Å². The Balaban J connectivity index is 1.53. The van der Waals surface area contributed by atoms with Gasteiger partial charge in [0.15, 0.2) is 0 Å². The first-order valence-electron chi connectivity index (χ1n) is 8.90. The minimum Gasteiger partial charge on any atom is -0.650 e. The monoisotopic (exact) mass is 367 g/mol. The fourth-order valence-electron chi connectivity index (χ4n) is 3.53. The lowest BCUT2D eigenvalue weighted by Gasteiger charge is -2.33. The van der Waals surface area contributed by atoms with E-state index in [2.05, 4.69) is 77.0 Å². The van der Waals surface area contributed by atoms with Gasteiger partial charge in [0, 0.05) is 5.56 Å². The molecule has 0 aliphatic carbocycles. The molecule has 0 amide bonds. The molecule has 0 saturated carbocycles. The van der Waals surface area contributed by atoms with Gasteiger partial charge in [0.05, 0.1) is 11.3 Å². The van der Waals surface area contributed by atoms with E-state index in [1.165, 1.54) is 21.9 Å². The van der Waals surface area contributed by atoms with Crippen LogP contribution in [0.15, 0.2) is 96.0 Å². The van der Waals surface area contributed by atoms with Crippen LogP contribution in [0.3, 0.4) is 0 Å². The Hall–Kier alpha value is -3.10. The molecule has 0 aromatic heterocycles. The van der Waals surface area contributed by atoms with Crippen LogP contribution in [0.25, 0.3) is 27.2 Å². The van der Waals surface area contributed by atoms with Gasteiger partial charge in [-0.2, -0.15) is 0 Å². The maximum atomic E-state index is 6.22. The smallest absolute Gasteiger partial charge is 0.0705 e. The molecule has 0 N–H and O–H groups in total. The molecule has 1 heterocycles. The third-order valence-corrected chi connectivity index (χ3v) is 5.08. The molecule has 130 valence electrons. The van der Waals surface area contributed by atoms with Gasteiger partial charge >= 0.3 is 0 Å². The second-order valence-electron chi connectivity index (χ2n) is 6.57. The maximum absolute atomic E-state index is 6.22. The molecule has 4 aromatic rings. The summed E-state index contributed by atoms with van der Waals surface area (Å²) in [7, 11) is 0. The maximum Gasteiger partial charge on any atom is 0.0705 e. The second-order valence-corrected chi connectivity index (χ2v) is 6.96. The predicted octanol–water partition coefficient (Wildman–Crippen LogP) is 6.89. The lowest BCUT2D eigenvalue weighted by Crippen LogP contribution is -2.12. The lowest BCUT2D eigenvalue weighted by molar-refractivity contribution is 1.08. The average Bonchev–Trinajstić information content (AvgIpc) is 2.73. The van der Waals surface area contributed by atoms with Gasteiger partial charge < -0.3 is 5.32 Å². The summed E-state index contributed by atoms with van der Waals surface area (Å²) in [4.78, 5) is 4.55. The molecule has 2 nitrogen and oxygen atoms in total. The van der Waals surface area contributed by atoms with Gasteiger partial charge in [-0.15, -0.1) is 17.3 Å². The van der Waals surface area contributed by atoms with Crippen molar-refractivity contribution in [3.8, 4) is 11.1 Å². The number of rotatable bonds is 2. The van der Waals surface area contributed by atoms with Crippen LogP contribution >= 0.6 is 11.6 Å².